The van der Waals surface area contributed by atoms with Crippen LogP contribution in [0, 0.1) is 0 Å². The molecule has 1 aliphatic rings. The molecule has 90 valence electrons. The first-order chi connectivity index (χ1) is 7.17. The van der Waals surface area contributed by atoms with Crippen LogP contribution in [0.1, 0.15) is 32.1 Å². The number of hydrogen-bond donors (Lipinski definition) is 1. The van der Waals surface area contributed by atoms with E-state index in [0.29, 0.717) is 19.6 Å². The van der Waals surface area contributed by atoms with E-state index in [1.54, 1.807) is 11.4 Å². The SMILES string of the molecule is CNCCS(=O)(=O)N1CCCCCCC1. The third-order valence-electron chi connectivity index (χ3n) is 2.82. The summed E-state index contributed by atoms with van der Waals surface area (Å²) in [5, 5.41) is 2.89. The van der Waals surface area contributed by atoms with Crippen molar-refractivity contribution in [2.75, 3.05) is 32.4 Å². The van der Waals surface area contributed by atoms with Crippen molar-refractivity contribution in [3.8, 4) is 0 Å². The molecule has 4 nitrogen and oxygen atoms in total. The van der Waals surface area contributed by atoms with Gasteiger partial charge in [-0.05, 0) is 19.9 Å². The molecule has 0 saturated carbocycles. The molecule has 1 saturated heterocycles. The largest absolute Gasteiger partial charge is 0.319 e. The Morgan fingerprint density at radius 2 is 1.60 bits per heavy atom. The highest BCUT2D eigenvalue weighted by atomic mass is 32.2. The van der Waals surface area contributed by atoms with Gasteiger partial charge in [-0.3, -0.25) is 0 Å². The van der Waals surface area contributed by atoms with Crippen molar-refractivity contribution >= 4 is 10.0 Å². The van der Waals surface area contributed by atoms with Gasteiger partial charge in [-0.2, -0.15) is 0 Å². The number of hydrogen-bond acceptors (Lipinski definition) is 3. The highest BCUT2D eigenvalue weighted by molar-refractivity contribution is 7.89. The van der Waals surface area contributed by atoms with Crippen molar-refractivity contribution in [2.45, 2.75) is 32.1 Å². The standard InChI is InChI=1S/C10H22N2O2S/c1-11-7-10-15(13,14)12-8-5-3-2-4-6-9-12/h11H,2-10H2,1H3. The van der Waals surface area contributed by atoms with Crippen LogP contribution >= 0.6 is 0 Å². The predicted molar refractivity (Wildman–Crippen MR) is 62.4 cm³/mol. The van der Waals surface area contributed by atoms with Crippen molar-refractivity contribution in [1.29, 1.82) is 0 Å². The maximum atomic E-state index is 11.9. The average Bonchev–Trinajstić information content (AvgIpc) is 2.13. The van der Waals surface area contributed by atoms with E-state index in [0.717, 1.165) is 25.7 Å². The van der Waals surface area contributed by atoms with E-state index >= 15 is 0 Å². The van der Waals surface area contributed by atoms with Crippen LogP contribution in [0.25, 0.3) is 0 Å². The molecular weight excluding hydrogens is 212 g/mol. The van der Waals surface area contributed by atoms with Crippen LogP contribution in [0.4, 0.5) is 0 Å². The molecule has 0 bridgehead atoms. The maximum Gasteiger partial charge on any atom is 0.215 e. The monoisotopic (exact) mass is 234 g/mol. The smallest absolute Gasteiger partial charge is 0.215 e. The van der Waals surface area contributed by atoms with E-state index in [-0.39, 0.29) is 5.75 Å². The molecule has 5 heteroatoms. The molecule has 0 unspecified atom stereocenters. The Labute approximate surface area is 93.1 Å². The van der Waals surface area contributed by atoms with Crippen LogP contribution in [0.15, 0.2) is 0 Å². The lowest BCUT2D eigenvalue weighted by Crippen LogP contribution is -2.37. The minimum atomic E-state index is -3.01. The Morgan fingerprint density at radius 3 is 2.13 bits per heavy atom. The summed E-state index contributed by atoms with van der Waals surface area (Å²) in [7, 11) is -1.23. The van der Waals surface area contributed by atoms with Crippen LogP contribution in [0.5, 0.6) is 0 Å². The van der Waals surface area contributed by atoms with Gasteiger partial charge in [0.2, 0.25) is 10.0 Å². The fraction of sp³-hybridized carbons (Fsp3) is 1.00. The summed E-state index contributed by atoms with van der Waals surface area (Å²) >= 11 is 0. The Hall–Kier alpha value is -0.130. The molecule has 0 aromatic carbocycles. The highest BCUT2D eigenvalue weighted by Gasteiger charge is 2.21. The Morgan fingerprint density at radius 1 is 1.07 bits per heavy atom. The van der Waals surface area contributed by atoms with Gasteiger partial charge in [0, 0.05) is 19.6 Å². The van der Waals surface area contributed by atoms with Crippen molar-refractivity contribution in [2.24, 2.45) is 0 Å². The van der Waals surface area contributed by atoms with Gasteiger partial charge in [0.1, 0.15) is 0 Å². The minimum Gasteiger partial charge on any atom is -0.319 e. The molecule has 0 atom stereocenters. The molecule has 1 fully saturated rings. The third-order valence-corrected chi connectivity index (χ3v) is 4.69. The average molecular weight is 234 g/mol. The quantitative estimate of drug-likeness (QED) is 0.783. The molecular formula is C10H22N2O2S. The highest BCUT2D eigenvalue weighted by Crippen LogP contribution is 2.13. The van der Waals surface area contributed by atoms with E-state index in [1.165, 1.54) is 6.42 Å². The lowest BCUT2D eigenvalue weighted by Gasteiger charge is -2.23. The molecule has 0 spiro atoms. The lowest BCUT2D eigenvalue weighted by atomic mass is 10.1. The summed E-state index contributed by atoms with van der Waals surface area (Å²) in [6.07, 6.45) is 5.61. The predicted octanol–water partition coefficient (Wildman–Crippen LogP) is 0.802. The fourth-order valence-electron chi connectivity index (χ4n) is 1.86. The molecule has 0 aromatic heterocycles. The Bertz CT molecular complexity index is 257. The molecule has 0 amide bonds. The van der Waals surface area contributed by atoms with E-state index in [4.69, 9.17) is 0 Å². The van der Waals surface area contributed by atoms with Crippen LogP contribution in [0.2, 0.25) is 0 Å². The number of nitrogens with zero attached hydrogens (tertiary/aromatic N) is 1. The van der Waals surface area contributed by atoms with Gasteiger partial charge in [-0.1, -0.05) is 19.3 Å². The first-order valence-corrected chi connectivity index (χ1v) is 7.40. The summed E-state index contributed by atoms with van der Waals surface area (Å²) in [4.78, 5) is 0. The van der Waals surface area contributed by atoms with Crippen molar-refractivity contribution in [3.63, 3.8) is 0 Å². The zero-order valence-corrected chi connectivity index (χ0v) is 10.4. The summed E-state index contributed by atoms with van der Waals surface area (Å²) < 4.78 is 25.5. The molecule has 1 heterocycles. The van der Waals surface area contributed by atoms with Gasteiger partial charge < -0.3 is 5.32 Å². The van der Waals surface area contributed by atoms with Crippen LogP contribution < -0.4 is 5.32 Å². The second-order valence-electron chi connectivity index (χ2n) is 4.09. The zero-order valence-electron chi connectivity index (χ0n) is 9.54. The molecule has 0 radical (unpaired) electrons. The number of sulfonamides is 1. The van der Waals surface area contributed by atoms with Gasteiger partial charge in [0.25, 0.3) is 0 Å². The van der Waals surface area contributed by atoms with Crippen LogP contribution in [-0.2, 0) is 10.0 Å². The second kappa shape index (κ2) is 6.45. The molecule has 0 aromatic rings. The van der Waals surface area contributed by atoms with Gasteiger partial charge >= 0.3 is 0 Å². The fourth-order valence-corrected chi connectivity index (χ4v) is 3.39. The summed E-state index contributed by atoms with van der Waals surface area (Å²) in [6, 6.07) is 0. The molecule has 1 N–H and O–H groups in total. The van der Waals surface area contributed by atoms with Crippen molar-refractivity contribution < 1.29 is 8.42 Å². The topological polar surface area (TPSA) is 49.4 Å². The van der Waals surface area contributed by atoms with Gasteiger partial charge in [0.15, 0.2) is 0 Å². The third kappa shape index (κ3) is 4.49. The van der Waals surface area contributed by atoms with Gasteiger partial charge in [-0.15, -0.1) is 0 Å². The van der Waals surface area contributed by atoms with E-state index in [9.17, 15) is 8.42 Å². The van der Waals surface area contributed by atoms with Crippen molar-refractivity contribution in [1.82, 2.24) is 9.62 Å². The first kappa shape index (κ1) is 12.9. The maximum absolute atomic E-state index is 11.9. The number of rotatable bonds is 4. The molecule has 0 aliphatic carbocycles. The van der Waals surface area contributed by atoms with Crippen LogP contribution in [-0.4, -0.2) is 45.2 Å². The summed E-state index contributed by atoms with van der Waals surface area (Å²) in [5.74, 6) is 0.226. The number of nitrogens with one attached hydrogen (secondary N) is 1. The Kier molecular flexibility index (Phi) is 5.56. The summed E-state index contributed by atoms with van der Waals surface area (Å²) in [5.41, 5.74) is 0. The van der Waals surface area contributed by atoms with E-state index in [2.05, 4.69) is 5.32 Å². The van der Waals surface area contributed by atoms with Gasteiger partial charge in [0.05, 0.1) is 5.75 Å². The molecule has 1 rings (SSSR count). The van der Waals surface area contributed by atoms with E-state index in [1.807, 2.05) is 0 Å². The van der Waals surface area contributed by atoms with E-state index < -0.39 is 10.0 Å². The zero-order chi connectivity index (χ0) is 11.1. The molecule has 1 aliphatic heterocycles. The Balaban J connectivity index is 2.50. The van der Waals surface area contributed by atoms with Crippen LogP contribution in [0.3, 0.4) is 0 Å². The van der Waals surface area contributed by atoms with Crippen molar-refractivity contribution in [3.05, 3.63) is 0 Å². The van der Waals surface area contributed by atoms with Gasteiger partial charge in [-0.25, -0.2) is 12.7 Å². The summed E-state index contributed by atoms with van der Waals surface area (Å²) in [6.45, 7) is 1.97. The lowest BCUT2D eigenvalue weighted by molar-refractivity contribution is 0.364. The first-order valence-electron chi connectivity index (χ1n) is 5.79. The normalized spacial score (nSPS) is 20.9. The second-order valence-corrected chi connectivity index (χ2v) is 6.17. The minimum absolute atomic E-state index is 0.226. The molecule has 15 heavy (non-hydrogen) atoms.